The number of aromatic nitrogens is 1. The fraction of sp³-hybridized carbons (Fsp3) is 0.571. The third-order valence-electron chi connectivity index (χ3n) is 3.47. The van der Waals surface area contributed by atoms with Crippen LogP contribution in [0.15, 0.2) is 18.3 Å². The molecule has 2 rings (SSSR count). The Kier molecular flexibility index (Phi) is 4.30. The molecule has 0 aliphatic carbocycles. The molecule has 0 aromatic carbocycles. The van der Waals surface area contributed by atoms with Crippen LogP contribution < -0.4 is 0 Å². The van der Waals surface area contributed by atoms with Crippen LogP contribution in [0.3, 0.4) is 0 Å². The van der Waals surface area contributed by atoms with Gasteiger partial charge in [-0.1, -0.05) is 12.2 Å². The van der Waals surface area contributed by atoms with Gasteiger partial charge >= 0.3 is 0 Å². The summed E-state index contributed by atoms with van der Waals surface area (Å²) < 4.78 is 0. The van der Waals surface area contributed by atoms with Crippen molar-refractivity contribution in [3.63, 3.8) is 0 Å². The molecule has 0 N–H and O–H groups in total. The predicted octanol–water partition coefficient (Wildman–Crippen LogP) is 1.81. The number of fused-ring (bicyclic) bond motifs is 1. The zero-order chi connectivity index (χ0) is 13.1. The van der Waals surface area contributed by atoms with Crippen molar-refractivity contribution in [2.75, 3.05) is 34.2 Å². The Morgan fingerprint density at radius 1 is 1.50 bits per heavy atom. The van der Waals surface area contributed by atoms with Crippen LogP contribution in [0.5, 0.6) is 0 Å². The first-order chi connectivity index (χ1) is 8.58. The highest BCUT2D eigenvalue weighted by molar-refractivity contribution is 7.80. The Hall–Kier alpha value is -1.00. The second-order valence-corrected chi connectivity index (χ2v) is 5.73. The fourth-order valence-corrected chi connectivity index (χ4v) is 2.70. The molecule has 0 amide bonds. The van der Waals surface area contributed by atoms with Gasteiger partial charge in [0.05, 0.1) is 5.69 Å². The summed E-state index contributed by atoms with van der Waals surface area (Å²) in [6, 6.07) is 4.06. The van der Waals surface area contributed by atoms with Crippen molar-refractivity contribution >= 4 is 17.2 Å². The van der Waals surface area contributed by atoms with Crippen LogP contribution in [-0.2, 0) is 6.42 Å². The minimum Gasteiger partial charge on any atom is -0.365 e. The average molecular weight is 263 g/mol. The van der Waals surface area contributed by atoms with E-state index in [0.29, 0.717) is 5.92 Å². The molecular weight excluding hydrogens is 242 g/mol. The molecule has 0 saturated heterocycles. The van der Waals surface area contributed by atoms with E-state index in [9.17, 15) is 0 Å². The van der Waals surface area contributed by atoms with E-state index in [4.69, 9.17) is 12.2 Å². The summed E-state index contributed by atoms with van der Waals surface area (Å²) in [6.45, 7) is 2.15. The van der Waals surface area contributed by atoms with Gasteiger partial charge in [0.15, 0.2) is 0 Å². The van der Waals surface area contributed by atoms with E-state index in [1.165, 1.54) is 6.42 Å². The highest BCUT2D eigenvalue weighted by Gasteiger charge is 2.23. The molecule has 1 aromatic heterocycles. The van der Waals surface area contributed by atoms with Crippen molar-refractivity contribution in [2.45, 2.75) is 12.8 Å². The largest absolute Gasteiger partial charge is 0.365 e. The Morgan fingerprint density at radius 3 is 3.00 bits per heavy atom. The van der Waals surface area contributed by atoms with Crippen LogP contribution in [0.1, 0.15) is 17.7 Å². The predicted molar refractivity (Wildman–Crippen MR) is 78.9 cm³/mol. The Morgan fingerprint density at radius 2 is 2.28 bits per heavy atom. The van der Waals surface area contributed by atoms with Gasteiger partial charge in [-0.2, -0.15) is 0 Å². The zero-order valence-electron chi connectivity index (χ0n) is 11.4. The second-order valence-electron chi connectivity index (χ2n) is 5.35. The van der Waals surface area contributed by atoms with Gasteiger partial charge in [0.1, 0.15) is 4.99 Å². The van der Waals surface area contributed by atoms with E-state index >= 15 is 0 Å². The summed E-state index contributed by atoms with van der Waals surface area (Å²) in [5.41, 5.74) is 2.30. The average Bonchev–Trinajstić information content (AvgIpc) is 2.46. The van der Waals surface area contributed by atoms with Crippen LogP contribution >= 0.6 is 12.2 Å². The molecule has 98 valence electrons. The molecule has 0 saturated carbocycles. The number of pyridine rings is 1. The topological polar surface area (TPSA) is 19.4 Å². The van der Waals surface area contributed by atoms with E-state index in [2.05, 4.69) is 42.0 Å². The number of rotatable bonds is 3. The molecule has 1 aliphatic heterocycles. The van der Waals surface area contributed by atoms with Gasteiger partial charge in [-0.05, 0) is 51.5 Å². The molecule has 2 heterocycles. The van der Waals surface area contributed by atoms with Crippen molar-refractivity contribution in [3.8, 4) is 0 Å². The summed E-state index contributed by atoms with van der Waals surface area (Å²) in [5, 5.41) is 0. The highest BCUT2D eigenvalue weighted by atomic mass is 32.1. The fourth-order valence-electron chi connectivity index (χ4n) is 2.44. The SMILES string of the molecule is CN(C)CCC1Cc2ncccc2C(=S)N(C)C1. The standard InChI is InChI=1S/C14H21N3S/c1-16(2)8-6-11-9-13-12(5-4-7-15-13)14(18)17(3)10-11/h4-5,7,11H,6,8-10H2,1-3H3. The first-order valence-corrected chi connectivity index (χ1v) is 6.83. The molecule has 0 radical (unpaired) electrons. The summed E-state index contributed by atoms with van der Waals surface area (Å²) in [6.07, 6.45) is 4.10. The van der Waals surface area contributed by atoms with E-state index < -0.39 is 0 Å². The number of thiocarbonyl (C=S) groups is 1. The number of hydrogen-bond acceptors (Lipinski definition) is 3. The number of nitrogens with zero attached hydrogens (tertiary/aromatic N) is 3. The molecule has 0 spiro atoms. The first-order valence-electron chi connectivity index (χ1n) is 6.42. The van der Waals surface area contributed by atoms with Gasteiger partial charge in [0.2, 0.25) is 0 Å². The van der Waals surface area contributed by atoms with Crippen molar-refractivity contribution in [3.05, 3.63) is 29.6 Å². The van der Waals surface area contributed by atoms with Crippen LogP contribution in [0.2, 0.25) is 0 Å². The Bertz CT molecular complexity index is 431. The summed E-state index contributed by atoms with van der Waals surface area (Å²) in [5.74, 6) is 0.631. The van der Waals surface area contributed by atoms with Crippen molar-refractivity contribution < 1.29 is 0 Å². The maximum absolute atomic E-state index is 5.53. The first kappa shape index (κ1) is 13.4. The van der Waals surface area contributed by atoms with E-state index in [-0.39, 0.29) is 0 Å². The maximum atomic E-state index is 5.53. The molecule has 18 heavy (non-hydrogen) atoms. The molecule has 1 atom stereocenters. The van der Waals surface area contributed by atoms with Gasteiger partial charge in [-0.3, -0.25) is 4.98 Å². The van der Waals surface area contributed by atoms with Gasteiger partial charge in [0.25, 0.3) is 0 Å². The Labute approximate surface area is 115 Å². The zero-order valence-corrected chi connectivity index (χ0v) is 12.2. The minimum absolute atomic E-state index is 0.631. The molecule has 4 heteroatoms. The molecular formula is C14H21N3S. The molecule has 0 fully saturated rings. The maximum Gasteiger partial charge on any atom is 0.110 e. The third-order valence-corrected chi connectivity index (χ3v) is 4.00. The second kappa shape index (κ2) is 5.76. The lowest BCUT2D eigenvalue weighted by Crippen LogP contribution is -2.30. The highest BCUT2D eigenvalue weighted by Crippen LogP contribution is 2.22. The van der Waals surface area contributed by atoms with Crippen LogP contribution in [-0.4, -0.2) is 54.0 Å². The summed E-state index contributed by atoms with van der Waals surface area (Å²) in [4.78, 5) is 9.89. The molecule has 1 aliphatic rings. The van der Waals surface area contributed by atoms with Crippen molar-refractivity contribution in [1.29, 1.82) is 0 Å². The Balaban J connectivity index is 2.17. The molecule has 1 aromatic rings. The lowest BCUT2D eigenvalue weighted by molar-refractivity contribution is 0.313. The lowest BCUT2D eigenvalue weighted by atomic mass is 9.98. The quantitative estimate of drug-likeness (QED) is 0.774. The normalized spacial score (nSPS) is 19.9. The molecule has 0 bridgehead atoms. The van der Waals surface area contributed by atoms with Gasteiger partial charge in [-0.15, -0.1) is 0 Å². The van der Waals surface area contributed by atoms with E-state index in [0.717, 1.165) is 35.8 Å². The van der Waals surface area contributed by atoms with E-state index in [1.807, 2.05) is 12.3 Å². The van der Waals surface area contributed by atoms with Gasteiger partial charge in [-0.25, -0.2) is 0 Å². The van der Waals surface area contributed by atoms with Crippen LogP contribution in [0.4, 0.5) is 0 Å². The van der Waals surface area contributed by atoms with Gasteiger partial charge in [0, 0.05) is 25.4 Å². The smallest absolute Gasteiger partial charge is 0.110 e. The number of hydrogen-bond donors (Lipinski definition) is 0. The monoisotopic (exact) mass is 263 g/mol. The molecule has 1 unspecified atom stereocenters. The summed E-state index contributed by atoms with van der Waals surface area (Å²) >= 11 is 5.53. The van der Waals surface area contributed by atoms with Crippen LogP contribution in [0.25, 0.3) is 0 Å². The van der Waals surface area contributed by atoms with Crippen LogP contribution in [0, 0.1) is 5.92 Å². The van der Waals surface area contributed by atoms with Gasteiger partial charge < -0.3 is 9.80 Å². The van der Waals surface area contributed by atoms with E-state index in [1.54, 1.807) is 0 Å². The van der Waals surface area contributed by atoms with Crippen molar-refractivity contribution in [1.82, 2.24) is 14.8 Å². The summed E-state index contributed by atoms with van der Waals surface area (Å²) in [7, 11) is 6.33. The van der Waals surface area contributed by atoms with Crippen molar-refractivity contribution in [2.24, 2.45) is 5.92 Å². The third kappa shape index (κ3) is 3.06. The molecule has 3 nitrogen and oxygen atoms in total. The lowest BCUT2D eigenvalue weighted by Gasteiger charge is -2.23. The minimum atomic E-state index is 0.631.